The van der Waals surface area contributed by atoms with Crippen LogP contribution in [0.1, 0.15) is 0 Å². The highest BCUT2D eigenvalue weighted by Crippen LogP contribution is 2.27. The molecule has 0 saturated carbocycles. The van der Waals surface area contributed by atoms with E-state index in [1.807, 2.05) is 0 Å². The lowest BCUT2D eigenvalue weighted by Gasteiger charge is -2.09. The van der Waals surface area contributed by atoms with Crippen LogP contribution in [0.4, 0.5) is 10.1 Å². The molecular weight excluding hydrogens is 285 g/mol. The van der Waals surface area contributed by atoms with Gasteiger partial charge >= 0.3 is 5.69 Å². The number of nitro groups is 1. The molecule has 1 aromatic rings. The van der Waals surface area contributed by atoms with Crippen molar-refractivity contribution >= 4 is 21.6 Å². The minimum atomic E-state index is -0.803. The van der Waals surface area contributed by atoms with E-state index in [2.05, 4.69) is 15.9 Å². The molecule has 1 aromatic carbocycles. The molecule has 0 radical (unpaired) electrons. The molecule has 1 atom stereocenters. The van der Waals surface area contributed by atoms with Crippen LogP contribution in [0.3, 0.4) is 0 Å². The summed E-state index contributed by atoms with van der Waals surface area (Å²) in [4.78, 5) is 9.91. The standard InChI is InChI=1S/C9H9BrFNO4/c10-4-7(13)5-16-9-3-6(11)1-2-8(9)12(14)15/h1-3,7,13H,4-5H2. The SMILES string of the molecule is O=[N+]([O-])c1ccc(F)cc1OCC(O)CBr. The molecule has 0 saturated heterocycles. The molecular formula is C9H9BrFNO4. The summed E-state index contributed by atoms with van der Waals surface area (Å²) in [5.41, 5.74) is -0.330. The molecule has 0 bridgehead atoms. The fourth-order valence-corrected chi connectivity index (χ4v) is 1.17. The highest BCUT2D eigenvalue weighted by atomic mass is 79.9. The Balaban J connectivity index is 2.84. The maximum absolute atomic E-state index is 12.8. The Morgan fingerprint density at radius 3 is 2.88 bits per heavy atom. The van der Waals surface area contributed by atoms with E-state index in [1.165, 1.54) is 0 Å². The summed E-state index contributed by atoms with van der Waals surface area (Å²) in [7, 11) is 0. The third kappa shape index (κ3) is 3.42. The van der Waals surface area contributed by atoms with Gasteiger partial charge in [0.2, 0.25) is 0 Å². The Bertz CT molecular complexity index is 388. The molecule has 1 N–H and O–H groups in total. The Hall–Kier alpha value is -1.21. The molecule has 0 aliphatic carbocycles. The van der Waals surface area contributed by atoms with Gasteiger partial charge in [-0.3, -0.25) is 10.1 Å². The lowest BCUT2D eigenvalue weighted by atomic mass is 10.3. The van der Waals surface area contributed by atoms with Crippen molar-refractivity contribution in [2.75, 3.05) is 11.9 Å². The predicted octanol–water partition coefficient (Wildman–Crippen LogP) is 1.87. The van der Waals surface area contributed by atoms with Gasteiger partial charge in [-0.1, -0.05) is 15.9 Å². The number of aliphatic hydroxyl groups excluding tert-OH is 1. The van der Waals surface area contributed by atoms with Crippen molar-refractivity contribution in [1.82, 2.24) is 0 Å². The van der Waals surface area contributed by atoms with Crippen LogP contribution in [0.15, 0.2) is 18.2 Å². The van der Waals surface area contributed by atoms with E-state index < -0.39 is 16.8 Å². The van der Waals surface area contributed by atoms with E-state index in [0.29, 0.717) is 0 Å². The zero-order chi connectivity index (χ0) is 12.1. The number of rotatable bonds is 5. The average Bonchev–Trinajstić information content (AvgIpc) is 2.25. The molecule has 88 valence electrons. The molecule has 5 nitrogen and oxygen atoms in total. The number of hydrogen-bond donors (Lipinski definition) is 1. The smallest absolute Gasteiger partial charge is 0.311 e. The molecule has 16 heavy (non-hydrogen) atoms. The highest BCUT2D eigenvalue weighted by Gasteiger charge is 2.16. The van der Waals surface area contributed by atoms with Crippen LogP contribution in [-0.4, -0.2) is 28.1 Å². The van der Waals surface area contributed by atoms with Crippen LogP contribution in [0.5, 0.6) is 5.75 Å². The van der Waals surface area contributed by atoms with E-state index in [-0.39, 0.29) is 23.4 Å². The number of nitrogens with zero attached hydrogens (tertiary/aromatic N) is 1. The molecule has 0 spiro atoms. The second-order valence-corrected chi connectivity index (χ2v) is 3.64. The van der Waals surface area contributed by atoms with Gasteiger partial charge in [0.1, 0.15) is 12.4 Å². The second-order valence-electron chi connectivity index (χ2n) is 2.99. The summed E-state index contributed by atoms with van der Waals surface area (Å²) in [5.74, 6) is -0.820. The average molecular weight is 294 g/mol. The van der Waals surface area contributed by atoms with Crippen LogP contribution >= 0.6 is 15.9 Å². The Morgan fingerprint density at radius 1 is 1.62 bits per heavy atom. The van der Waals surface area contributed by atoms with Crippen LogP contribution < -0.4 is 4.74 Å². The van der Waals surface area contributed by atoms with Gasteiger partial charge in [-0.05, 0) is 6.07 Å². The van der Waals surface area contributed by atoms with Crippen molar-refractivity contribution in [3.63, 3.8) is 0 Å². The van der Waals surface area contributed by atoms with Crippen LogP contribution in [-0.2, 0) is 0 Å². The van der Waals surface area contributed by atoms with Crippen molar-refractivity contribution in [2.45, 2.75) is 6.10 Å². The highest BCUT2D eigenvalue weighted by molar-refractivity contribution is 9.09. The third-order valence-corrected chi connectivity index (χ3v) is 2.48. The maximum atomic E-state index is 12.8. The van der Waals surface area contributed by atoms with Gasteiger partial charge < -0.3 is 9.84 Å². The van der Waals surface area contributed by atoms with Gasteiger partial charge in [0, 0.05) is 17.5 Å². The van der Waals surface area contributed by atoms with E-state index in [4.69, 9.17) is 4.74 Å². The Labute approximate surface area is 99.1 Å². The Morgan fingerprint density at radius 2 is 2.31 bits per heavy atom. The fourth-order valence-electron chi connectivity index (χ4n) is 0.985. The maximum Gasteiger partial charge on any atom is 0.311 e. The van der Waals surface area contributed by atoms with Crippen molar-refractivity contribution in [3.05, 3.63) is 34.1 Å². The lowest BCUT2D eigenvalue weighted by Crippen LogP contribution is -2.19. The zero-order valence-corrected chi connectivity index (χ0v) is 9.68. The first-order valence-corrected chi connectivity index (χ1v) is 5.47. The molecule has 0 fully saturated rings. The number of hydrogen-bond acceptors (Lipinski definition) is 4. The quantitative estimate of drug-likeness (QED) is 0.511. The van der Waals surface area contributed by atoms with E-state index in [9.17, 15) is 19.6 Å². The molecule has 0 aliphatic heterocycles. The molecule has 1 rings (SSSR count). The van der Waals surface area contributed by atoms with Gasteiger partial charge in [0.05, 0.1) is 11.0 Å². The third-order valence-electron chi connectivity index (χ3n) is 1.73. The van der Waals surface area contributed by atoms with E-state index in [1.54, 1.807) is 0 Å². The minimum absolute atomic E-state index is 0.143. The van der Waals surface area contributed by atoms with Gasteiger partial charge in [0.25, 0.3) is 0 Å². The van der Waals surface area contributed by atoms with Crippen LogP contribution in [0.2, 0.25) is 0 Å². The summed E-state index contributed by atoms with van der Waals surface area (Å²) < 4.78 is 17.8. The lowest BCUT2D eigenvalue weighted by molar-refractivity contribution is -0.386. The topological polar surface area (TPSA) is 72.6 Å². The first kappa shape index (κ1) is 12.9. The van der Waals surface area contributed by atoms with Gasteiger partial charge in [-0.2, -0.15) is 0 Å². The van der Waals surface area contributed by atoms with Crippen molar-refractivity contribution in [1.29, 1.82) is 0 Å². The summed E-state index contributed by atoms with van der Waals surface area (Å²) in [6, 6.07) is 2.91. The summed E-state index contributed by atoms with van der Waals surface area (Å²) >= 11 is 3.01. The minimum Gasteiger partial charge on any atom is -0.484 e. The summed E-state index contributed by atoms with van der Waals surface area (Å²) in [5, 5.41) is 20.0. The number of aliphatic hydroxyl groups is 1. The van der Waals surface area contributed by atoms with E-state index in [0.717, 1.165) is 18.2 Å². The number of benzene rings is 1. The van der Waals surface area contributed by atoms with Crippen LogP contribution in [0.25, 0.3) is 0 Å². The van der Waals surface area contributed by atoms with Crippen molar-refractivity contribution in [3.8, 4) is 5.75 Å². The first-order valence-electron chi connectivity index (χ1n) is 4.35. The van der Waals surface area contributed by atoms with Gasteiger partial charge in [-0.15, -0.1) is 0 Å². The number of halogens is 2. The van der Waals surface area contributed by atoms with Crippen molar-refractivity contribution < 1.29 is 19.2 Å². The molecule has 0 amide bonds. The van der Waals surface area contributed by atoms with Gasteiger partial charge in [-0.25, -0.2) is 4.39 Å². The second kappa shape index (κ2) is 5.76. The fraction of sp³-hybridized carbons (Fsp3) is 0.333. The number of ether oxygens (including phenoxy) is 1. The van der Waals surface area contributed by atoms with Crippen LogP contribution in [0, 0.1) is 15.9 Å². The zero-order valence-electron chi connectivity index (χ0n) is 8.10. The molecule has 7 heteroatoms. The number of alkyl halides is 1. The first-order chi connectivity index (χ1) is 7.54. The normalized spacial score (nSPS) is 12.2. The Kier molecular flexibility index (Phi) is 4.63. The van der Waals surface area contributed by atoms with Crippen molar-refractivity contribution in [2.24, 2.45) is 0 Å². The molecule has 0 aromatic heterocycles. The van der Waals surface area contributed by atoms with E-state index >= 15 is 0 Å². The summed E-state index contributed by atoms with van der Waals surface area (Å²) in [6.45, 7) is -0.143. The van der Waals surface area contributed by atoms with Gasteiger partial charge in [0.15, 0.2) is 5.75 Å². The number of nitro benzene ring substituents is 1. The monoisotopic (exact) mass is 293 g/mol. The summed E-state index contributed by atoms with van der Waals surface area (Å²) in [6.07, 6.45) is -0.803. The predicted molar refractivity (Wildman–Crippen MR) is 58.4 cm³/mol. The molecule has 0 heterocycles. The largest absolute Gasteiger partial charge is 0.484 e. The molecule has 0 aliphatic rings. The molecule has 1 unspecified atom stereocenters.